The van der Waals surface area contributed by atoms with Gasteiger partial charge in [0.1, 0.15) is 23.3 Å². The van der Waals surface area contributed by atoms with Gasteiger partial charge in [-0.2, -0.15) is 0 Å². The Balaban J connectivity index is 1.57. The summed E-state index contributed by atoms with van der Waals surface area (Å²) in [5.41, 5.74) is 4.06. The van der Waals surface area contributed by atoms with E-state index in [9.17, 15) is 14.7 Å². The van der Waals surface area contributed by atoms with Crippen LogP contribution in [0.1, 0.15) is 33.2 Å². The summed E-state index contributed by atoms with van der Waals surface area (Å²) in [6, 6.07) is 23.5. The van der Waals surface area contributed by atoms with Crippen LogP contribution in [0.5, 0.6) is 11.5 Å². The minimum atomic E-state index is -0.728. The lowest BCUT2D eigenvalue weighted by molar-refractivity contribution is -0.132. The fraction of sp³-hybridized carbons (Fsp3) is 0.133. The maximum Gasteiger partial charge on any atom is 0.300 e. The Morgan fingerprint density at radius 2 is 1.61 bits per heavy atom. The fourth-order valence-electron chi connectivity index (χ4n) is 4.44. The molecule has 1 fully saturated rings. The van der Waals surface area contributed by atoms with E-state index in [1.807, 2.05) is 80.7 Å². The number of hydrogen-bond acceptors (Lipinski definition) is 5. The first-order valence-electron chi connectivity index (χ1n) is 11.6. The van der Waals surface area contributed by atoms with Gasteiger partial charge < -0.3 is 9.84 Å². The zero-order chi connectivity index (χ0) is 25.4. The summed E-state index contributed by atoms with van der Waals surface area (Å²) in [4.78, 5) is 28.9. The number of ether oxygens (including phenoxy) is 1. The van der Waals surface area contributed by atoms with E-state index < -0.39 is 17.7 Å². The first-order chi connectivity index (χ1) is 17.3. The molecule has 0 saturated carbocycles. The topological polar surface area (TPSA) is 66.8 Å². The lowest BCUT2D eigenvalue weighted by Crippen LogP contribution is -2.29. The molecule has 1 aromatic heterocycles. The molecule has 0 aliphatic carbocycles. The minimum absolute atomic E-state index is 0.0937. The van der Waals surface area contributed by atoms with E-state index in [0.29, 0.717) is 17.0 Å². The van der Waals surface area contributed by atoms with E-state index >= 15 is 0 Å². The van der Waals surface area contributed by atoms with Gasteiger partial charge in [0, 0.05) is 16.1 Å². The maximum atomic E-state index is 13.3. The molecule has 180 valence electrons. The second-order valence-corrected chi connectivity index (χ2v) is 9.89. The molecule has 1 N–H and O–H groups in total. The summed E-state index contributed by atoms with van der Waals surface area (Å²) >= 11 is 1.44. The monoisotopic (exact) mass is 495 g/mol. The number of amides is 1. The zero-order valence-electron chi connectivity index (χ0n) is 20.2. The van der Waals surface area contributed by atoms with Crippen molar-refractivity contribution in [3.05, 3.63) is 117 Å². The van der Waals surface area contributed by atoms with E-state index in [1.165, 1.54) is 16.2 Å². The Kier molecular flexibility index (Phi) is 6.20. The molecule has 0 bridgehead atoms. The van der Waals surface area contributed by atoms with Crippen molar-refractivity contribution in [3.8, 4) is 11.5 Å². The molecule has 3 aromatic carbocycles. The van der Waals surface area contributed by atoms with Gasteiger partial charge >= 0.3 is 0 Å². The summed E-state index contributed by atoms with van der Waals surface area (Å²) in [5.74, 6) is -0.200. The van der Waals surface area contributed by atoms with Crippen LogP contribution in [0.4, 0.5) is 5.69 Å². The highest BCUT2D eigenvalue weighted by Gasteiger charge is 2.47. The van der Waals surface area contributed by atoms with Crippen LogP contribution in [-0.4, -0.2) is 16.8 Å². The summed E-state index contributed by atoms with van der Waals surface area (Å²) in [6.45, 7) is 5.79. The minimum Gasteiger partial charge on any atom is -0.507 e. The van der Waals surface area contributed by atoms with E-state index in [-0.39, 0.29) is 11.3 Å². The maximum absolute atomic E-state index is 13.3. The lowest BCUT2D eigenvalue weighted by atomic mass is 9.96. The second-order valence-electron chi connectivity index (χ2n) is 8.92. The molecule has 1 atom stereocenters. The number of thiophene rings is 1. The van der Waals surface area contributed by atoms with Crippen LogP contribution >= 0.6 is 11.3 Å². The average molecular weight is 496 g/mol. The predicted octanol–water partition coefficient (Wildman–Crippen LogP) is 7.09. The number of aliphatic hydroxyl groups is 1. The Bertz CT molecular complexity index is 1490. The van der Waals surface area contributed by atoms with Crippen LogP contribution in [0.15, 0.2) is 89.8 Å². The summed E-state index contributed by atoms with van der Waals surface area (Å²) < 4.78 is 5.95. The van der Waals surface area contributed by atoms with Gasteiger partial charge in [-0.25, -0.2) is 0 Å². The highest BCUT2D eigenvalue weighted by atomic mass is 32.1. The Labute approximate surface area is 213 Å². The van der Waals surface area contributed by atoms with Crippen LogP contribution in [0.3, 0.4) is 0 Å². The number of hydrogen-bond donors (Lipinski definition) is 1. The predicted molar refractivity (Wildman–Crippen MR) is 143 cm³/mol. The summed E-state index contributed by atoms with van der Waals surface area (Å²) in [7, 11) is 0. The molecule has 0 radical (unpaired) electrons. The third-order valence-electron chi connectivity index (χ3n) is 6.25. The number of nitrogens with zero attached hydrogens (tertiary/aromatic N) is 1. The molecule has 1 saturated heterocycles. The second kappa shape index (κ2) is 9.47. The fourth-order valence-corrected chi connectivity index (χ4v) is 5.26. The quantitative estimate of drug-likeness (QED) is 0.182. The van der Waals surface area contributed by atoms with Crippen molar-refractivity contribution in [2.75, 3.05) is 4.90 Å². The number of carbonyl (C=O) groups is 2. The van der Waals surface area contributed by atoms with Gasteiger partial charge in [-0.05, 0) is 85.8 Å². The molecule has 1 amide bonds. The molecule has 4 aromatic rings. The third-order valence-corrected chi connectivity index (χ3v) is 7.17. The van der Waals surface area contributed by atoms with E-state index in [0.717, 1.165) is 27.3 Å². The first-order valence-corrected chi connectivity index (χ1v) is 12.5. The van der Waals surface area contributed by atoms with Crippen LogP contribution in [0.2, 0.25) is 0 Å². The molecular weight excluding hydrogens is 470 g/mol. The van der Waals surface area contributed by atoms with Crippen LogP contribution in [0.25, 0.3) is 5.76 Å². The number of rotatable bonds is 5. The Morgan fingerprint density at radius 3 is 2.31 bits per heavy atom. The molecule has 5 nitrogen and oxygen atoms in total. The largest absolute Gasteiger partial charge is 0.507 e. The lowest BCUT2D eigenvalue weighted by Gasteiger charge is -2.24. The molecule has 0 spiro atoms. The average Bonchev–Trinajstić information content (AvgIpc) is 3.48. The Hall–Kier alpha value is -4.16. The molecule has 5 rings (SSSR count). The SMILES string of the molecule is Cc1cccc(Oc2ccc(N3C(=O)C(=O)/C(=C(\O)c4cc(C)ccc4C)C3c3cccs3)cc2)c1. The van der Waals surface area contributed by atoms with E-state index in [1.54, 1.807) is 24.3 Å². The zero-order valence-corrected chi connectivity index (χ0v) is 21.0. The molecule has 6 heteroatoms. The van der Waals surface area contributed by atoms with Crippen molar-refractivity contribution in [1.82, 2.24) is 0 Å². The van der Waals surface area contributed by atoms with Gasteiger partial charge in [0.25, 0.3) is 11.7 Å². The van der Waals surface area contributed by atoms with Gasteiger partial charge in [0.15, 0.2) is 0 Å². The van der Waals surface area contributed by atoms with Crippen molar-refractivity contribution in [2.24, 2.45) is 0 Å². The summed E-state index contributed by atoms with van der Waals surface area (Å²) in [6.07, 6.45) is 0. The number of aliphatic hydroxyl groups excluding tert-OH is 1. The molecular formula is C30H25NO4S. The van der Waals surface area contributed by atoms with E-state index in [2.05, 4.69) is 0 Å². The number of Topliss-reactive ketones (excluding diaryl/α,β-unsaturated/α-hetero) is 1. The van der Waals surface area contributed by atoms with Crippen molar-refractivity contribution in [3.63, 3.8) is 0 Å². The molecule has 2 heterocycles. The highest BCUT2D eigenvalue weighted by molar-refractivity contribution is 7.10. The van der Waals surface area contributed by atoms with E-state index in [4.69, 9.17) is 4.74 Å². The van der Waals surface area contributed by atoms with Gasteiger partial charge in [0.2, 0.25) is 0 Å². The molecule has 36 heavy (non-hydrogen) atoms. The number of aryl methyl sites for hydroxylation is 3. The number of benzene rings is 3. The Morgan fingerprint density at radius 1 is 0.861 bits per heavy atom. The van der Waals surface area contributed by atoms with Crippen molar-refractivity contribution in [1.29, 1.82) is 0 Å². The standard InChI is InChI=1S/C30H25NO4S/c1-18-6-4-7-23(16-18)35-22-13-11-21(12-14-22)31-27(25-8-5-15-36-25)26(29(33)30(31)34)28(32)24-17-19(2)9-10-20(24)3/h4-17,27,32H,1-3H3/b28-26-. The van der Waals surface area contributed by atoms with Crippen LogP contribution in [0, 0.1) is 20.8 Å². The smallest absolute Gasteiger partial charge is 0.300 e. The van der Waals surface area contributed by atoms with Crippen molar-refractivity contribution >= 4 is 34.5 Å². The highest BCUT2D eigenvalue weighted by Crippen LogP contribution is 2.44. The summed E-state index contributed by atoms with van der Waals surface area (Å²) in [5, 5.41) is 13.2. The molecule has 1 aliphatic heterocycles. The van der Waals surface area contributed by atoms with Crippen molar-refractivity contribution < 1.29 is 19.4 Å². The number of anilines is 1. The van der Waals surface area contributed by atoms with Gasteiger partial charge in [-0.1, -0.05) is 35.9 Å². The molecule has 1 aliphatic rings. The normalized spacial score (nSPS) is 17.0. The van der Waals surface area contributed by atoms with Gasteiger partial charge in [-0.15, -0.1) is 11.3 Å². The first kappa shape index (κ1) is 23.6. The number of ketones is 1. The van der Waals surface area contributed by atoms with Crippen molar-refractivity contribution in [2.45, 2.75) is 26.8 Å². The van der Waals surface area contributed by atoms with Crippen LogP contribution < -0.4 is 9.64 Å². The van der Waals surface area contributed by atoms with Gasteiger partial charge in [0.05, 0.1) is 5.57 Å². The third kappa shape index (κ3) is 4.32. The number of carbonyl (C=O) groups excluding carboxylic acids is 2. The van der Waals surface area contributed by atoms with Crippen LogP contribution in [-0.2, 0) is 9.59 Å². The molecule has 1 unspecified atom stereocenters. The van der Waals surface area contributed by atoms with Gasteiger partial charge in [-0.3, -0.25) is 14.5 Å².